The van der Waals surface area contributed by atoms with Gasteiger partial charge in [0.25, 0.3) is 0 Å². The van der Waals surface area contributed by atoms with Crippen LogP contribution in [0.3, 0.4) is 0 Å². The Balaban J connectivity index is 2.39. The molecule has 4 heteroatoms. The molecule has 0 spiro atoms. The quantitative estimate of drug-likeness (QED) is 0.552. The van der Waals surface area contributed by atoms with Gasteiger partial charge in [-0.05, 0) is 43.5 Å². The number of benzene rings is 2. The Labute approximate surface area is 133 Å². The first-order valence-electron chi connectivity index (χ1n) is 6.68. The zero-order valence-corrected chi connectivity index (χ0v) is 13.5. The maximum absolute atomic E-state index is 6.38. The molecule has 0 saturated heterocycles. The Kier molecular flexibility index (Phi) is 3.60. The number of aromatic nitrogens is 2. The SMILES string of the molecule is Cc1cccc(C)c1-c1nc(Cl)c2c(C)ccc(Cl)c2n1. The highest BCUT2D eigenvalue weighted by Gasteiger charge is 2.15. The summed E-state index contributed by atoms with van der Waals surface area (Å²) in [5.74, 6) is 0.621. The van der Waals surface area contributed by atoms with Crippen molar-refractivity contribution in [3.05, 3.63) is 57.2 Å². The number of halogens is 2. The van der Waals surface area contributed by atoms with Gasteiger partial charge in [-0.15, -0.1) is 0 Å². The number of hydrogen-bond acceptors (Lipinski definition) is 2. The summed E-state index contributed by atoms with van der Waals surface area (Å²) in [5.41, 5.74) is 4.98. The molecule has 0 saturated carbocycles. The van der Waals surface area contributed by atoms with E-state index in [2.05, 4.69) is 9.97 Å². The molecular weight excluding hydrogens is 303 g/mol. The summed E-state index contributed by atoms with van der Waals surface area (Å²) in [5, 5.41) is 1.85. The third-order valence-corrected chi connectivity index (χ3v) is 4.25. The van der Waals surface area contributed by atoms with Crippen molar-refractivity contribution in [1.82, 2.24) is 9.97 Å². The molecule has 0 aliphatic rings. The summed E-state index contributed by atoms with van der Waals surface area (Å²) in [6.45, 7) is 6.07. The van der Waals surface area contributed by atoms with Crippen molar-refractivity contribution in [2.45, 2.75) is 20.8 Å². The summed E-state index contributed by atoms with van der Waals surface area (Å²) < 4.78 is 0. The molecule has 1 aromatic heterocycles. The highest BCUT2D eigenvalue weighted by atomic mass is 35.5. The molecule has 0 atom stereocenters. The second-order valence-corrected chi connectivity index (χ2v) is 5.96. The fourth-order valence-electron chi connectivity index (χ4n) is 2.60. The van der Waals surface area contributed by atoms with Crippen molar-refractivity contribution in [2.75, 3.05) is 0 Å². The molecule has 0 aliphatic carbocycles. The van der Waals surface area contributed by atoms with E-state index < -0.39 is 0 Å². The topological polar surface area (TPSA) is 25.8 Å². The molecule has 0 fully saturated rings. The van der Waals surface area contributed by atoms with E-state index in [4.69, 9.17) is 23.2 Å². The van der Waals surface area contributed by atoms with Crippen LogP contribution in [0.15, 0.2) is 30.3 Å². The van der Waals surface area contributed by atoms with Crippen molar-refractivity contribution in [3.63, 3.8) is 0 Å². The van der Waals surface area contributed by atoms with Crippen LogP contribution < -0.4 is 0 Å². The average Bonchev–Trinajstić information content (AvgIpc) is 2.42. The largest absolute Gasteiger partial charge is 0.226 e. The molecule has 1 heterocycles. The van der Waals surface area contributed by atoms with E-state index in [1.165, 1.54) is 0 Å². The molecule has 106 valence electrons. The smallest absolute Gasteiger partial charge is 0.162 e. The molecular formula is C17H14Cl2N2. The first kappa shape index (κ1) is 14.3. The fraction of sp³-hybridized carbons (Fsp3) is 0.176. The van der Waals surface area contributed by atoms with Gasteiger partial charge in [0, 0.05) is 10.9 Å². The van der Waals surface area contributed by atoms with Gasteiger partial charge >= 0.3 is 0 Å². The zero-order valence-electron chi connectivity index (χ0n) is 12.0. The lowest BCUT2D eigenvalue weighted by molar-refractivity contribution is 1.19. The molecule has 2 nitrogen and oxygen atoms in total. The van der Waals surface area contributed by atoms with Crippen LogP contribution in [0.4, 0.5) is 0 Å². The Bertz CT molecular complexity index is 837. The van der Waals surface area contributed by atoms with Gasteiger partial charge in [0.05, 0.1) is 10.5 Å². The molecule has 0 bridgehead atoms. The van der Waals surface area contributed by atoms with Gasteiger partial charge in [-0.3, -0.25) is 0 Å². The van der Waals surface area contributed by atoms with Crippen molar-refractivity contribution >= 4 is 34.1 Å². The van der Waals surface area contributed by atoms with Gasteiger partial charge in [-0.1, -0.05) is 47.5 Å². The minimum Gasteiger partial charge on any atom is -0.226 e. The van der Waals surface area contributed by atoms with Crippen molar-refractivity contribution < 1.29 is 0 Å². The van der Waals surface area contributed by atoms with Gasteiger partial charge in [0.2, 0.25) is 0 Å². The van der Waals surface area contributed by atoms with Crippen LogP contribution in [0, 0.1) is 20.8 Å². The number of nitrogens with zero attached hydrogens (tertiary/aromatic N) is 2. The van der Waals surface area contributed by atoms with Crippen LogP contribution >= 0.6 is 23.2 Å². The Hall–Kier alpha value is -1.64. The van der Waals surface area contributed by atoms with Crippen molar-refractivity contribution in [1.29, 1.82) is 0 Å². The van der Waals surface area contributed by atoms with Gasteiger partial charge in [0.1, 0.15) is 5.15 Å². The zero-order chi connectivity index (χ0) is 15.1. The van der Waals surface area contributed by atoms with E-state index >= 15 is 0 Å². The summed E-state index contributed by atoms with van der Waals surface area (Å²) >= 11 is 12.7. The van der Waals surface area contributed by atoms with E-state index in [-0.39, 0.29) is 0 Å². The minimum absolute atomic E-state index is 0.442. The molecule has 3 aromatic rings. The van der Waals surface area contributed by atoms with Crippen LogP contribution in [-0.2, 0) is 0 Å². The Morgan fingerprint density at radius 2 is 1.48 bits per heavy atom. The standard InChI is InChI=1S/C17H14Cl2N2/c1-9-5-4-6-10(2)13(9)17-20-15-12(18)8-7-11(3)14(15)16(19)21-17/h4-8H,1-3H3. The maximum Gasteiger partial charge on any atom is 0.162 e. The lowest BCUT2D eigenvalue weighted by atomic mass is 10.0. The molecule has 2 aromatic carbocycles. The van der Waals surface area contributed by atoms with E-state index in [0.29, 0.717) is 21.5 Å². The van der Waals surface area contributed by atoms with E-state index in [1.807, 2.05) is 51.1 Å². The second kappa shape index (κ2) is 5.28. The van der Waals surface area contributed by atoms with Gasteiger partial charge < -0.3 is 0 Å². The first-order chi connectivity index (χ1) is 9.99. The number of hydrogen-bond donors (Lipinski definition) is 0. The van der Waals surface area contributed by atoms with E-state index in [0.717, 1.165) is 27.6 Å². The molecule has 0 unspecified atom stereocenters. The highest BCUT2D eigenvalue weighted by Crippen LogP contribution is 2.33. The van der Waals surface area contributed by atoms with E-state index in [1.54, 1.807) is 0 Å². The average molecular weight is 317 g/mol. The van der Waals surface area contributed by atoms with Crippen LogP contribution in [-0.4, -0.2) is 9.97 Å². The maximum atomic E-state index is 6.38. The first-order valence-corrected chi connectivity index (χ1v) is 7.43. The van der Waals surface area contributed by atoms with Crippen LogP contribution in [0.1, 0.15) is 16.7 Å². The predicted octanol–water partition coefficient (Wildman–Crippen LogP) is 5.53. The van der Waals surface area contributed by atoms with E-state index in [9.17, 15) is 0 Å². The Morgan fingerprint density at radius 3 is 2.14 bits per heavy atom. The number of aryl methyl sites for hydroxylation is 3. The molecule has 0 aliphatic heterocycles. The van der Waals surface area contributed by atoms with Crippen molar-refractivity contribution in [3.8, 4) is 11.4 Å². The summed E-state index contributed by atoms with van der Waals surface area (Å²) in [6.07, 6.45) is 0. The third-order valence-electron chi connectivity index (χ3n) is 3.67. The monoisotopic (exact) mass is 316 g/mol. The summed E-state index contributed by atoms with van der Waals surface area (Å²) in [7, 11) is 0. The lowest BCUT2D eigenvalue weighted by Crippen LogP contribution is -1.97. The molecule has 0 radical (unpaired) electrons. The van der Waals surface area contributed by atoms with Crippen LogP contribution in [0.2, 0.25) is 10.2 Å². The highest BCUT2D eigenvalue weighted by molar-refractivity contribution is 6.38. The van der Waals surface area contributed by atoms with Crippen LogP contribution in [0.5, 0.6) is 0 Å². The Morgan fingerprint density at radius 1 is 0.810 bits per heavy atom. The minimum atomic E-state index is 0.442. The fourth-order valence-corrected chi connectivity index (χ4v) is 3.11. The molecule has 0 amide bonds. The predicted molar refractivity (Wildman–Crippen MR) is 89.2 cm³/mol. The molecule has 3 rings (SSSR count). The second-order valence-electron chi connectivity index (χ2n) is 5.19. The third kappa shape index (κ3) is 2.39. The number of fused-ring (bicyclic) bond motifs is 1. The van der Waals surface area contributed by atoms with Gasteiger partial charge in [-0.2, -0.15) is 0 Å². The summed E-state index contributed by atoms with van der Waals surface area (Å²) in [4.78, 5) is 9.15. The number of rotatable bonds is 1. The van der Waals surface area contributed by atoms with Crippen LogP contribution in [0.25, 0.3) is 22.3 Å². The summed E-state index contributed by atoms with van der Waals surface area (Å²) in [6, 6.07) is 9.88. The van der Waals surface area contributed by atoms with Gasteiger partial charge in [-0.25, -0.2) is 9.97 Å². The van der Waals surface area contributed by atoms with Crippen molar-refractivity contribution in [2.24, 2.45) is 0 Å². The van der Waals surface area contributed by atoms with Gasteiger partial charge in [0.15, 0.2) is 5.82 Å². The normalized spacial score (nSPS) is 11.1. The molecule has 0 N–H and O–H groups in total. The molecule has 21 heavy (non-hydrogen) atoms. The lowest BCUT2D eigenvalue weighted by Gasteiger charge is -2.11.